The summed E-state index contributed by atoms with van der Waals surface area (Å²) < 4.78 is 5.34. The Kier molecular flexibility index (Phi) is 6.03. The number of carbonyl (C=O) groups is 1. The third-order valence-electron chi connectivity index (χ3n) is 2.87. The van der Waals surface area contributed by atoms with Crippen LogP contribution in [-0.4, -0.2) is 29.2 Å². The number of phenols is 1. The topological polar surface area (TPSA) is 70.6 Å². The van der Waals surface area contributed by atoms with E-state index in [1.54, 1.807) is 19.1 Å². The second-order valence-electron chi connectivity index (χ2n) is 6.04. The minimum atomic E-state index is -0.348. The van der Waals surface area contributed by atoms with E-state index in [4.69, 9.17) is 4.74 Å². The van der Waals surface area contributed by atoms with Gasteiger partial charge in [-0.3, -0.25) is 4.79 Å². The molecule has 0 aliphatic rings. The van der Waals surface area contributed by atoms with Gasteiger partial charge in [0.25, 0.3) is 0 Å². The van der Waals surface area contributed by atoms with E-state index < -0.39 is 0 Å². The fourth-order valence-corrected chi connectivity index (χ4v) is 1.82. The zero-order chi connectivity index (χ0) is 16.0. The molecule has 0 saturated heterocycles. The molecule has 0 aliphatic heterocycles. The third-order valence-corrected chi connectivity index (χ3v) is 2.87. The molecule has 0 fully saturated rings. The summed E-state index contributed by atoms with van der Waals surface area (Å²) in [6.45, 7) is 10.4. The van der Waals surface area contributed by atoms with Crippen LogP contribution in [0.15, 0.2) is 18.2 Å². The van der Waals surface area contributed by atoms with Crippen LogP contribution in [0.2, 0.25) is 0 Å². The number of hydrogen-bond donors (Lipinski definition) is 3. The molecule has 21 heavy (non-hydrogen) atoms. The van der Waals surface area contributed by atoms with Gasteiger partial charge in [0.1, 0.15) is 0 Å². The molecular weight excluding hydrogens is 268 g/mol. The van der Waals surface area contributed by atoms with Crippen molar-refractivity contribution in [2.75, 3.05) is 6.61 Å². The molecule has 0 saturated carbocycles. The van der Waals surface area contributed by atoms with Crippen LogP contribution in [0.1, 0.15) is 40.2 Å². The van der Waals surface area contributed by atoms with Gasteiger partial charge in [-0.15, -0.1) is 0 Å². The van der Waals surface area contributed by atoms with Crippen LogP contribution >= 0.6 is 0 Å². The molecule has 0 spiro atoms. The smallest absolute Gasteiger partial charge is 0.237 e. The molecular formula is C16H26N2O3. The molecule has 5 heteroatoms. The van der Waals surface area contributed by atoms with Gasteiger partial charge in [0, 0.05) is 17.6 Å². The lowest BCUT2D eigenvalue weighted by Gasteiger charge is -2.24. The lowest BCUT2D eigenvalue weighted by Crippen LogP contribution is -2.49. The molecule has 0 heterocycles. The van der Waals surface area contributed by atoms with Crippen molar-refractivity contribution in [1.82, 2.24) is 10.6 Å². The van der Waals surface area contributed by atoms with Crippen molar-refractivity contribution in [3.8, 4) is 11.5 Å². The molecule has 0 radical (unpaired) electrons. The second kappa shape index (κ2) is 7.31. The maximum absolute atomic E-state index is 12.0. The molecule has 0 aromatic heterocycles. The number of rotatable bonds is 6. The lowest BCUT2D eigenvalue weighted by molar-refractivity contribution is -0.124. The van der Waals surface area contributed by atoms with E-state index in [1.807, 2.05) is 33.8 Å². The van der Waals surface area contributed by atoms with Crippen molar-refractivity contribution in [3.05, 3.63) is 23.8 Å². The van der Waals surface area contributed by atoms with Gasteiger partial charge >= 0.3 is 0 Å². The van der Waals surface area contributed by atoms with Crippen molar-refractivity contribution in [1.29, 1.82) is 0 Å². The molecule has 0 aliphatic carbocycles. The van der Waals surface area contributed by atoms with E-state index >= 15 is 0 Å². The first-order chi connectivity index (χ1) is 9.74. The van der Waals surface area contributed by atoms with Crippen molar-refractivity contribution in [2.24, 2.45) is 0 Å². The first kappa shape index (κ1) is 17.3. The van der Waals surface area contributed by atoms with E-state index in [1.165, 1.54) is 0 Å². The highest BCUT2D eigenvalue weighted by atomic mass is 16.5. The average molecular weight is 294 g/mol. The predicted octanol–water partition coefficient (Wildman–Crippen LogP) is 2.18. The quantitative estimate of drug-likeness (QED) is 0.752. The Balaban J connectivity index is 2.63. The van der Waals surface area contributed by atoms with Gasteiger partial charge in [-0.05, 0) is 40.7 Å². The molecule has 5 nitrogen and oxygen atoms in total. The second-order valence-corrected chi connectivity index (χ2v) is 6.04. The van der Waals surface area contributed by atoms with Crippen LogP contribution in [0, 0.1) is 0 Å². The summed E-state index contributed by atoms with van der Waals surface area (Å²) >= 11 is 0. The van der Waals surface area contributed by atoms with Gasteiger partial charge in [0.05, 0.1) is 12.6 Å². The lowest BCUT2D eigenvalue weighted by atomic mass is 10.1. The monoisotopic (exact) mass is 294 g/mol. The van der Waals surface area contributed by atoms with E-state index in [0.29, 0.717) is 24.5 Å². The minimum Gasteiger partial charge on any atom is -0.504 e. The van der Waals surface area contributed by atoms with Crippen LogP contribution < -0.4 is 15.4 Å². The molecule has 3 N–H and O–H groups in total. The zero-order valence-corrected chi connectivity index (χ0v) is 13.5. The maximum Gasteiger partial charge on any atom is 0.237 e. The van der Waals surface area contributed by atoms with E-state index in [0.717, 1.165) is 0 Å². The summed E-state index contributed by atoms with van der Waals surface area (Å²) in [6.07, 6.45) is 0. The van der Waals surface area contributed by atoms with Gasteiger partial charge in [0.15, 0.2) is 11.5 Å². The van der Waals surface area contributed by atoms with Crippen LogP contribution in [0.25, 0.3) is 0 Å². The Labute approximate surface area is 126 Å². The number of amides is 1. The number of nitrogens with one attached hydrogen (secondary N) is 2. The summed E-state index contributed by atoms with van der Waals surface area (Å²) in [6, 6.07) is 5.00. The van der Waals surface area contributed by atoms with Gasteiger partial charge < -0.3 is 20.5 Å². The van der Waals surface area contributed by atoms with E-state index in [2.05, 4.69) is 10.6 Å². The number of hydrogen-bond acceptors (Lipinski definition) is 4. The number of ether oxygens (including phenoxy) is 1. The Bertz CT molecular complexity index is 481. The fraction of sp³-hybridized carbons (Fsp3) is 0.562. The van der Waals surface area contributed by atoms with Gasteiger partial charge in [-0.2, -0.15) is 0 Å². The van der Waals surface area contributed by atoms with Gasteiger partial charge in [0.2, 0.25) is 5.91 Å². The van der Waals surface area contributed by atoms with Crippen molar-refractivity contribution in [2.45, 2.75) is 52.7 Å². The number of phenolic OH excluding ortho intramolecular Hbond substituents is 1. The van der Waals surface area contributed by atoms with Gasteiger partial charge in [-0.1, -0.05) is 12.1 Å². The average Bonchev–Trinajstić information content (AvgIpc) is 2.37. The fourth-order valence-electron chi connectivity index (χ4n) is 1.82. The molecule has 1 rings (SSSR count). The van der Waals surface area contributed by atoms with Gasteiger partial charge in [-0.25, -0.2) is 0 Å². The number of benzene rings is 1. The molecule has 0 bridgehead atoms. The Morgan fingerprint density at radius 3 is 2.62 bits per heavy atom. The van der Waals surface area contributed by atoms with E-state index in [9.17, 15) is 9.90 Å². The maximum atomic E-state index is 12.0. The van der Waals surface area contributed by atoms with Crippen molar-refractivity contribution >= 4 is 5.91 Å². The first-order valence-corrected chi connectivity index (χ1v) is 7.23. The van der Waals surface area contributed by atoms with Crippen molar-refractivity contribution < 1.29 is 14.6 Å². The summed E-state index contributed by atoms with van der Waals surface area (Å²) in [7, 11) is 0. The van der Waals surface area contributed by atoms with Crippen LogP contribution in [0.5, 0.6) is 11.5 Å². The summed E-state index contributed by atoms with van der Waals surface area (Å²) in [5.41, 5.74) is 0.445. The highest BCUT2D eigenvalue weighted by Gasteiger charge is 2.19. The molecule has 1 amide bonds. The summed E-state index contributed by atoms with van der Waals surface area (Å²) in [4.78, 5) is 12.0. The summed E-state index contributed by atoms with van der Waals surface area (Å²) in [5.74, 6) is 0.516. The number of carbonyl (C=O) groups excluding carboxylic acids is 1. The van der Waals surface area contributed by atoms with Crippen molar-refractivity contribution in [3.63, 3.8) is 0 Å². The molecule has 1 aromatic rings. The Morgan fingerprint density at radius 1 is 1.38 bits per heavy atom. The Morgan fingerprint density at radius 2 is 2.05 bits per heavy atom. The Hall–Kier alpha value is -1.75. The number of aromatic hydroxyl groups is 1. The zero-order valence-electron chi connectivity index (χ0n) is 13.5. The minimum absolute atomic E-state index is 0.0667. The largest absolute Gasteiger partial charge is 0.504 e. The van der Waals surface area contributed by atoms with Crippen LogP contribution in [-0.2, 0) is 11.3 Å². The molecule has 1 aromatic carbocycles. The normalized spacial score (nSPS) is 12.8. The molecule has 118 valence electrons. The van der Waals surface area contributed by atoms with Crippen LogP contribution in [0.4, 0.5) is 0 Å². The van der Waals surface area contributed by atoms with Crippen LogP contribution in [0.3, 0.4) is 0 Å². The third kappa shape index (κ3) is 5.63. The highest BCUT2D eigenvalue weighted by Crippen LogP contribution is 2.29. The highest BCUT2D eigenvalue weighted by molar-refractivity contribution is 5.81. The SMILES string of the molecule is CCOc1cccc(CNC(C)C(=O)NC(C)(C)C)c1O. The first-order valence-electron chi connectivity index (χ1n) is 7.23. The van der Waals surface area contributed by atoms with E-state index in [-0.39, 0.29) is 23.2 Å². The summed E-state index contributed by atoms with van der Waals surface area (Å²) in [5, 5.41) is 16.1. The molecule has 1 atom stereocenters. The standard InChI is InChI=1S/C16H26N2O3/c1-6-21-13-9-7-8-12(14(13)19)10-17-11(2)15(20)18-16(3,4)5/h7-9,11,17,19H,6,10H2,1-5H3,(H,18,20). The predicted molar refractivity (Wildman–Crippen MR) is 83.5 cm³/mol. The molecule has 1 unspecified atom stereocenters. The number of para-hydroxylation sites is 1.